The quantitative estimate of drug-likeness (QED) is 0.327. The lowest BCUT2D eigenvalue weighted by Gasteiger charge is -2.33. The monoisotopic (exact) mass is 593 g/mol. The Hall–Kier alpha value is -4.05. The van der Waals surface area contributed by atoms with Crippen LogP contribution in [0.3, 0.4) is 0 Å². The summed E-state index contributed by atoms with van der Waals surface area (Å²) in [6.45, 7) is 3.22. The van der Waals surface area contributed by atoms with E-state index in [1.807, 2.05) is 31.2 Å². The van der Waals surface area contributed by atoms with Gasteiger partial charge in [-0.1, -0.05) is 60.9 Å². The number of anilines is 1. The molecule has 0 radical (unpaired) electrons. The average Bonchev–Trinajstić information content (AvgIpc) is 3.52. The van der Waals surface area contributed by atoms with E-state index in [0.717, 1.165) is 41.1 Å². The number of nitrogens with zero attached hydrogens (tertiary/aromatic N) is 2. The summed E-state index contributed by atoms with van der Waals surface area (Å²) in [6, 6.07) is 19.6. The van der Waals surface area contributed by atoms with Crippen LogP contribution in [-0.4, -0.2) is 58.0 Å². The van der Waals surface area contributed by atoms with E-state index < -0.39 is 28.5 Å². The van der Waals surface area contributed by atoms with E-state index in [4.69, 9.17) is 9.47 Å². The molecule has 4 rings (SSSR count). The Balaban J connectivity index is 1.74. The summed E-state index contributed by atoms with van der Waals surface area (Å²) in [5.74, 6) is -0.152. The first-order chi connectivity index (χ1) is 20.1. The third kappa shape index (κ3) is 7.23. The molecule has 9 nitrogen and oxygen atoms in total. The number of aryl methyl sites for hydroxylation is 1. The molecule has 0 spiro atoms. The van der Waals surface area contributed by atoms with Gasteiger partial charge >= 0.3 is 0 Å². The number of sulfonamides is 1. The Bertz CT molecular complexity index is 1470. The largest absolute Gasteiger partial charge is 0.497 e. The number of benzene rings is 3. The van der Waals surface area contributed by atoms with Crippen LogP contribution in [0.1, 0.15) is 43.7 Å². The Morgan fingerprint density at radius 1 is 0.952 bits per heavy atom. The fraction of sp³-hybridized carbons (Fsp3) is 0.375. The Morgan fingerprint density at radius 2 is 1.62 bits per heavy atom. The van der Waals surface area contributed by atoms with Gasteiger partial charge < -0.3 is 19.7 Å². The topological polar surface area (TPSA) is 105 Å². The van der Waals surface area contributed by atoms with Crippen molar-refractivity contribution in [2.75, 3.05) is 25.1 Å². The van der Waals surface area contributed by atoms with Gasteiger partial charge in [-0.25, -0.2) is 8.42 Å². The van der Waals surface area contributed by atoms with Gasteiger partial charge in [0.2, 0.25) is 11.8 Å². The van der Waals surface area contributed by atoms with E-state index in [2.05, 4.69) is 5.32 Å². The molecule has 1 N–H and O–H groups in total. The SMILES string of the molecule is COc1ccc(OC)c(N(CC(=O)N(Cc2ccc(C)cc2)[C@H](C)C(=O)NC2CCCC2)S(=O)(=O)c2ccccc2)c1. The molecule has 0 aliphatic heterocycles. The zero-order valence-electron chi connectivity index (χ0n) is 24.6. The van der Waals surface area contributed by atoms with Gasteiger partial charge in [-0.15, -0.1) is 0 Å². The van der Waals surface area contributed by atoms with E-state index >= 15 is 0 Å². The minimum atomic E-state index is -4.23. The van der Waals surface area contributed by atoms with Gasteiger partial charge in [0.1, 0.15) is 24.1 Å². The molecule has 1 aliphatic rings. The number of methoxy groups -OCH3 is 2. The van der Waals surface area contributed by atoms with Gasteiger partial charge in [-0.2, -0.15) is 0 Å². The number of amides is 2. The molecule has 0 bridgehead atoms. The molecule has 1 saturated carbocycles. The highest BCUT2D eigenvalue weighted by Crippen LogP contribution is 2.36. The standard InChI is InChI=1S/C32H39N3O6S/c1-23-14-16-25(17-15-23)21-34(24(2)32(37)33-26-10-8-9-11-26)31(36)22-35(42(38,39)28-12-6-5-7-13-28)29-20-27(40-3)18-19-30(29)41-4/h5-7,12-20,24,26H,8-11,21-22H2,1-4H3,(H,33,37)/t24-/m1/s1. The molecule has 0 saturated heterocycles. The predicted molar refractivity (Wildman–Crippen MR) is 162 cm³/mol. The van der Waals surface area contributed by atoms with Crippen LogP contribution in [-0.2, 0) is 26.2 Å². The summed E-state index contributed by atoms with van der Waals surface area (Å²) in [5, 5.41) is 3.08. The van der Waals surface area contributed by atoms with E-state index in [1.165, 1.54) is 37.3 Å². The minimum absolute atomic E-state index is 0.0137. The van der Waals surface area contributed by atoms with Crippen molar-refractivity contribution in [3.63, 3.8) is 0 Å². The van der Waals surface area contributed by atoms with E-state index in [9.17, 15) is 18.0 Å². The molecule has 3 aromatic carbocycles. The molecule has 0 heterocycles. The molecule has 42 heavy (non-hydrogen) atoms. The molecule has 3 aromatic rings. The van der Waals surface area contributed by atoms with Crippen molar-refractivity contribution in [2.24, 2.45) is 0 Å². The van der Waals surface area contributed by atoms with Gasteiger partial charge in [0, 0.05) is 18.7 Å². The summed E-state index contributed by atoms with van der Waals surface area (Å²) in [5.41, 5.74) is 2.03. The zero-order chi connectivity index (χ0) is 30.3. The number of rotatable bonds is 12. The summed E-state index contributed by atoms with van der Waals surface area (Å²) < 4.78 is 40.0. The normalized spacial score (nSPS) is 14.2. The number of hydrogen-bond donors (Lipinski definition) is 1. The van der Waals surface area contributed by atoms with Crippen LogP contribution in [0.2, 0.25) is 0 Å². The molecule has 0 unspecified atom stereocenters. The maximum Gasteiger partial charge on any atom is 0.264 e. The number of carbonyl (C=O) groups is 2. The number of carbonyl (C=O) groups excluding carboxylic acids is 2. The van der Waals surface area contributed by atoms with Crippen LogP contribution in [0.25, 0.3) is 0 Å². The summed E-state index contributed by atoms with van der Waals surface area (Å²) in [6.07, 6.45) is 3.92. The summed E-state index contributed by atoms with van der Waals surface area (Å²) in [7, 11) is -1.33. The molecule has 1 atom stereocenters. The van der Waals surface area contributed by atoms with E-state index in [-0.39, 0.29) is 34.8 Å². The maximum absolute atomic E-state index is 14.2. The van der Waals surface area contributed by atoms with E-state index in [0.29, 0.717) is 5.75 Å². The van der Waals surface area contributed by atoms with Crippen LogP contribution >= 0.6 is 0 Å². The van der Waals surface area contributed by atoms with Gasteiger partial charge in [-0.3, -0.25) is 13.9 Å². The lowest BCUT2D eigenvalue weighted by molar-refractivity contribution is -0.139. The van der Waals surface area contributed by atoms with Crippen molar-refractivity contribution < 1.29 is 27.5 Å². The average molecular weight is 594 g/mol. The highest BCUT2D eigenvalue weighted by atomic mass is 32.2. The van der Waals surface area contributed by atoms with Gasteiger partial charge in [0.25, 0.3) is 10.0 Å². The molecule has 224 valence electrons. The molecule has 10 heteroatoms. The van der Waals surface area contributed by atoms with Crippen LogP contribution in [0, 0.1) is 6.92 Å². The van der Waals surface area contributed by atoms with Crippen LogP contribution in [0.4, 0.5) is 5.69 Å². The zero-order valence-corrected chi connectivity index (χ0v) is 25.4. The summed E-state index contributed by atoms with van der Waals surface area (Å²) in [4.78, 5) is 29.0. The third-order valence-corrected chi connectivity index (χ3v) is 9.38. The molecule has 0 aromatic heterocycles. The fourth-order valence-corrected chi connectivity index (χ4v) is 6.53. The smallest absolute Gasteiger partial charge is 0.264 e. The van der Waals surface area contributed by atoms with E-state index in [1.54, 1.807) is 37.3 Å². The first kappa shape index (κ1) is 30.9. The first-order valence-corrected chi connectivity index (χ1v) is 15.5. The predicted octanol–water partition coefficient (Wildman–Crippen LogP) is 4.68. The lowest BCUT2D eigenvalue weighted by atomic mass is 10.1. The van der Waals surface area contributed by atoms with Crippen LogP contribution < -0.4 is 19.1 Å². The highest BCUT2D eigenvalue weighted by molar-refractivity contribution is 7.92. The van der Waals surface area contributed by atoms with Crippen molar-refractivity contribution in [3.05, 3.63) is 83.9 Å². The third-order valence-electron chi connectivity index (χ3n) is 7.61. The maximum atomic E-state index is 14.2. The Kier molecular flexibility index (Phi) is 10.1. The second kappa shape index (κ2) is 13.7. The first-order valence-electron chi connectivity index (χ1n) is 14.1. The Labute approximate surface area is 248 Å². The van der Waals surface area contributed by atoms with Crippen molar-refractivity contribution in [2.45, 2.75) is 63.1 Å². The van der Waals surface area contributed by atoms with Crippen LogP contribution in [0.15, 0.2) is 77.7 Å². The lowest BCUT2D eigenvalue weighted by Crippen LogP contribution is -2.52. The second-order valence-electron chi connectivity index (χ2n) is 10.5. The van der Waals surface area contributed by atoms with Gasteiger partial charge in [0.15, 0.2) is 0 Å². The fourth-order valence-electron chi connectivity index (χ4n) is 5.09. The second-order valence-corrected chi connectivity index (χ2v) is 12.4. The Morgan fingerprint density at radius 3 is 2.24 bits per heavy atom. The molecule has 1 aliphatic carbocycles. The summed E-state index contributed by atoms with van der Waals surface area (Å²) >= 11 is 0. The molecular formula is C32H39N3O6S. The molecular weight excluding hydrogens is 554 g/mol. The molecule has 2 amide bonds. The number of nitrogens with one attached hydrogen (secondary N) is 1. The van der Waals surface area contributed by atoms with Crippen molar-refractivity contribution in [1.29, 1.82) is 0 Å². The minimum Gasteiger partial charge on any atom is -0.497 e. The number of hydrogen-bond acceptors (Lipinski definition) is 6. The number of ether oxygens (including phenoxy) is 2. The van der Waals surface area contributed by atoms with Crippen molar-refractivity contribution in [3.8, 4) is 11.5 Å². The highest BCUT2D eigenvalue weighted by Gasteiger charge is 2.34. The van der Waals surface area contributed by atoms with Crippen molar-refractivity contribution >= 4 is 27.5 Å². The van der Waals surface area contributed by atoms with Crippen LogP contribution in [0.5, 0.6) is 11.5 Å². The molecule has 1 fully saturated rings. The van der Waals surface area contributed by atoms with Crippen molar-refractivity contribution in [1.82, 2.24) is 10.2 Å². The van der Waals surface area contributed by atoms with Gasteiger partial charge in [-0.05, 0) is 56.5 Å². The van der Waals surface area contributed by atoms with Gasteiger partial charge in [0.05, 0.1) is 24.8 Å².